The van der Waals surface area contributed by atoms with Crippen molar-refractivity contribution >= 4 is 12.3 Å². The van der Waals surface area contributed by atoms with E-state index in [4.69, 9.17) is 0 Å². The first-order valence-corrected chi connectivity index (χ1v) is 13.8. The monoisotopic (exact) mass is 470 g/mol. The van der Waals surface area contributed by atoms with Gasteiger partial charge in [-0.2, -0.15) is 0 Å². The molecule has 0 aromatic carbocycles. The molecule has 34 heavy (non-hydrogen) atoms. The molecule has 0 saturated heterocycles. The number of carbonyl (C=O) groups excluding carboxylic acids is 1. The van der Waals surface area contributed by atoms with E-state index in [1.165, 1.54) is 0 Å². The minimum absolute atomic E-state index is 0.00839. The van der Waals surface area contributed by atoms with Gasteiger partial charge in [0.15, 0.2) is 0 Å². The van der Waals surface area contributed by atoms with Crippen molar-refractivity contribution in [3.63, 3.8) is 0 Å². The van der Waals surface area contributed by atoms with Crippen molar-refractivity contribution in [2.75, 3.05) is 0 Å². The Balaban J connectivity index is 1.57. The third-order valence-corrected chi connectivity index (χ3v) is 13.5. The number of allylic oxidation sites excluding steroid dienone is 1. The fourth-order valence-corrected chi connectivity index (χ4v) is 11.5. The van der Waals surface area contributed by atoms with Gasteiger partial charge in [0.1, 0.15) is 6.29 Å². The van der Waals surface area contributed by atoms with Crippen LogP contribution in [0.3, 0.4) is 0 Å². The summed E-state index contributed by atoms with van der Waals surface area (Å²) in [6.45, 7) is 16.2. The number of carboxylic acids is 1. The molecule has 0 aromatic heterocycles. The Bertz CT molecular complexity index is 907. The Hall–Kier alpha value is -1.16. The van der Waals surface area contributed by atoms with Crippen LogP contribution in [0.4, 0.5) is 0 Å². The molecule has 5 fully saturated rings. The third kappa shape index (κ3) is 2.75. The van der Waals surface area contributed by atoms with Crippen LogP contribution in [0.5, 0.6) is 0 Å². The molecule has 4 unspecified atom stereocenters. The normalized spacial score (nSPS) is 53.6. The lowest BCUT2D eigenvalue weighted by Crippen LogP contribution is -2.67. The average Bonchev–Trinajstić information content (AvgIpc) is 3.18. The maximum atomic E-state index is 12.8. The molecule has 0 aromatic rings. The van der Waals surface area contributed by atoms with Crippen LogP contribution in [0.2, 0.25) is 0 Å². The van der Waals surface area contributed by atoms with Crippen LogP contribution in [0.15, 0.2) is 12.2 Å². The highest BCUT2D eigenvalue weighted by atomic mass is 16.4. The van der Waals surface area contributed by atoms with Crippen LogP contribution >= 0.6 is 0 Å². The first kappa shape index (κ1) is 24.5. The van der Waals surface area contributed by atoms with E-state index in [9.17, 15) is 19.8 Å². The molecule has 5 rings (SSSR count). The summed E-state index contributed by atoms with van der Waals surface area (Å²) >= 11 is 0. The molecule has 0 spiro atoms. The Morgan fingerprint density at radius 1 is 0.853 bits per heavy atom. The number of hydrogen-bond acceptors (Lipinski definition) is 3. The van der Waals surface area contributed by atoms with E-state index in [0.29, 0.717) is 29.7 Å². The summed E-state index contributed by atoms with van der Waals surface area (Å²) in [5.41, 5.74) is 0.298. The lowest BCUT2D eigenvalue weighted by Gasteiger charge is -2.72. The maximum absolute atomic E-state index is 12.8. The van der Waals surface area contributed by atoms with Gasteiger partial charge in [0, 0.05) is 0 Å². The van der Waals surface area contributed by atoms with Gasteiger partial charge in [0.2, 0.25) is 0 Å². The van der Waals surface area contributed by atoms with Gasteiger partial charge < -0.3 is 10.2 Å². The first-order chi connectivity index (χ1) is 15.8. The van der Waals surface area contributed by atoms with Crippen LogP contribution in [0.1, 0.15) is 98.8 Å². The summed E-state index contributed by atoms with van der Waals surface area (Å²) in [6, 6.07) is 0. The van der Waals surface area contributed by atoms with Crippen molar-refractivity contribution in [1.82, 2.24) is 0 Å². The van der Waals surface area contributed by atoms with Crippen molar-refractivity contribution in [2.45, 2.75) is 105 Å². The predicted octanol–water partition coefficient (Wildman–Crippen LogP) is 6.27. The zero-order chi connectivity index (χ0) is 24.9. The van der Waals surface area contributed by atoms with Crippen molar-refractivity contribution in [2.24, 2.45) is 56.7 Å². The van der Waals surface area contributed by atoms with Gasteiger partial charge in [-0.15, -0.1) is 0 Å². The molecule has 0 radical (unpaired) electrons. The number of carbonyl (C=O) groups is 2. The van der Waals surface area contributed by atoms with Gasteiger partial charge >= 0.3 is 5.97 Å². The molecular formula is C30H46O4. The summed E-state index contributed by atoms with van der Waals surface area (Å²) in [6.07, 6.45) is 10.3. The van der Waals surface area contributed by atoms with Gasteiger partial charge in [0.05, 0.1) is 11.5 Å². The summed E-state index contributed by atoms with van der Waals surface area (Å²) < 4.78 is 0. The maximum Gasteiger partial charge on any atom is 0.309 e. The summed E-state index contributed by atoms with van der Waals surface area (Å²) in [7, 11) is 0. The second-order valence-electron chi connectivity index (χ2n) is 14.4. The van der Waals surface area contributed by atoms with Gasteiger partial charge in [-0.05, 0) is 121 Å². The number of hydrogen-bond donors (Lipinski definition) is 2. The minimum atomic E-state index is -0.692. The highest BCUT2D eigenvalue weighted by Crippen LogP contribution is 2.77. The van der Waals surface area contributed by atoms with E-state index in [2.05, 4.69) is 41.2 Å². The molecule has 5 aliphatic rings. The van der Waals surface area contributed by atoms with Gasteiger partial charge in [0.25, 0.3) is 0 Å². The summed E-state index contributed by atoms with van der Waals surface area (Å²) in [4.78, 5) is 24.5. The van der Waals surface area contributed by atoms with E-state index in [1.807, 2.05) is 0 Å². The predicted molar refractivity (Wildman–Crippen MR) is 133 cm³/mol. The summed E-state index contributed by atoms with van der Waals surface area (Å²) in [5, 5.41) is 21.4. The lowest BCUT2D eigenvalue weighted by atomic mass is 9.32. The molecule has 190 valence electrons. The van der Waals surface area contributed by atoms with Crippen LogP contribution in [0, 0.1) is 56.7 Å². The lowest BCUT2D eigenvalue weighted by molar-refractivity contribution is -0.248. The van der Waals surface area contributed by atoms with Crippen molar-refractivity contribution in [3.8, 4) is 0 Å². The summed E-state index contributed by atoms with van der Waals surface area (Å²) in [5.74, 6) is 0.830. The molecule has 0 heterocycles. The van der Waals surface area contributed by atoms with Gasteiger partial charge in [-0.3, -0.25) is 9.59 Å². The SMILES string of the molecule is C=C(C=O)[C@@H]1CC[C@]2(C(=O)O)CC[C@]3(C)C(CCC4[C@@]5(C)CC[C@H](O)C(C)(C)C5CC[C@]43C)C12. The average molecular weight is 471 g/mol. The Kier molecular flexibility index (Phi) is 5.36. The number of aliphatic carboxylic acids is 1. The van der Waals surface area contributed by atoms with E-state index >= 15 is 0 Å². The molecule has 4 heteroatoms. The molecule has 4 nitrogen and oxygen atoms in total. The van der Waals surface area contributed by atoms with Gasteiger partial charge in [-0.25, -0.2) is 0 Å². The number of rotatable bonds is 3. The second kappa shape index (κ2) is 7.43. The quantitative estimate of drug-likeness (QED) is 0.377. The number of aldehydes is 1. The van der Waals surface area contributed by atoms with Crippen molar-refractivity contribution in [3.05, 3.63) is 12.2 Å². The molecule has 5 saturated carbocycles. The van der Waals surface area contributed by atoms with Crippen LogP contribution in [0.25, 0.3) is 0 Å². The first-order valence-electron chi connectivity index (χ1n) is 13.8. The smallest absolute Gasteiger partial charge is 0.309 e. The number of aliphatic hydroxyl groups excluding tert-OH is 1. The zero-order valence-electron chi connectivity index (χ0n) is 22.0. The molecule has 10 atom stereocenters. The molecule has 0 aliphatic heterocycles. The zero-order valence-corrected chi connectivity index (χ0v) is 22.0. The van der Waals surface area contributed by atoms with Crippen molar-refractivity contribution < 1.29 is 19.8 Å². The van der Waals surface area contributed by atoms with Crippen LogP contribution in [-0.4, -0.2) is 28.6 Å². The standard InChI is InChI=1S/C30H46O4/c1-18(17-31)19-9-14-30(25(33)34)16-15-28(5)20(24(19)30)7-8-22-27(4)12-11-23(32)26(2,3)21(27)10-13-29(22,28)6/h17,19-24,32H,1,7-16H2,2-6H3,(H,33,34)/t19-,20?,21?,22?,23-,24?,27-,28+,29+,30-/m0/s1. The van der Waals surface area contributed by atoms with Crippen LogP contribution in [-0.2, 0) is 9.59 Å². The van der Waals surface area contributed by atoms with E-state index in [-0.39, 0.29) is 39.6 Å². The van der Waals surface area contributed by atoms with Crippen LogP contribution < -0.4 is 0 Å². The highest BCUT2D eigenvalue weighted by Gasteiger charge is 2.72. The Morgan fingerprint density at radius 3 is 2.21 bits per heavy atom. The fourth-order valence-electron chi connectivity index (χ4n) is 11.5. The Labute approximate surface area is 206 Å². The molecule has 5 aliphatic carbocycles. The topological polar surface area (TPSA) is 74.6 Å². The van der Waals surface area contributed by atoms with E-state index < -0.39 is 11.4 Å². The Morgan fingerprint density at radius 2 is 1.56 bits per heavy atom. The molecule has 2 N–H and O–H groups in total. The third-order valence-electron chi connectivity index (χ3n) is 13.5. The van der Waals surface area contributed by atoms with Gasteiger partial charge in [-0.1, -0.05) is 41.2 Å². The molecule has 0 amide bonds. The largest absolute Gasteiger partial charge is 0.481 e. The molecule has 0 bridgehead atoms. The second-order valence-corrected chi connectivity index (χ2v) is 14.4. The van der Waals surface area contributed by atoms with E-state index in [1.54, 1.807) is 0 Å². The highest BCUT2D eigenvalue weighted by molar-refractivity contribution is 5.78. The number of carboxylic acid groups (broad SMARTS) is 1. The minimum Gasteiger partial charge on any atom is -0.481 e. The number of aliphatic hydroxyl groups is 1. The van der Waals surface area contributed by atoms with E-state index in [0.717, 1.165) is 64.1 Å². The fraction of sp³-hybridized carbons (Fsp3) is 0.867. The van der Waals surface area contributed by atoms with Crippen molar-refractivity contribution in [1.29, 1.82) is 0 Å². The molecular weight excluding hydrogens is 424 g/mol. The number of fused-ring (bicyclic) bond motifs is 7.